The molecule has 0 atom stereocenters. The lowest BCUT2D eigenvalue weighted by Gasteiger charge is -2.03. The Morgan fingerprint density at radius 3 is 2.81 bits per heavy atom. The zero-order chi connectivity index (χ0) is 11.4. The van der Waals surface area contributed by atoms with Gasteiger partial charge in [-0.25, -0.2) is 0 Å². The van der Waals surface area contributed by atoms with Gasteiger partial charge >= 0.3 is 0 Å². The molecule has 0 aliphatic carbocycles. The van der Waals surface area contributed by atoms with E-state index >= 15 is 0 Å². The van der Waals surface area contributed by atoms with E-state index < -0.39 is 0 Å². The van der Waals surface area contributed by atoms with Gasteiger partial charge in [-0.15, -0.1) is 0 Å². The topological polar surface area (TPSA) is 96.7 Å². The second-order valence-corrected chi connectivity index (χ2v) is 3.24. The van der Waals surface area contributed by atoms with Crippen LogP contribution in [-0.2, 0) is 6.54 Å². The first-order chi connectivity index (χ1) is 7.77. The monoisotopic (exact) mass is 217 g/mol. The molecule has 0 aliphatic heterocycles. The first-order valence-electron chi connectivity index (χ1n) is 4.73. The molecule has 0 aliphatic rings. The minimum atomic E-state index is -0.247. The first kappa shape index (κ1) is 10.2. The van der Waals surface area contributed by atoms with E-state index in [9.17, 15) is 4.79 Å². The molecule has 2 heterocycles. The molecular formula is C10H11N5O. The predicted octanol–water partition coefficient (Wildman–Crippen LogP) is 0.317. The maximum atomic E-state index is 11.6. The quantitative estimate of drug-likeness (QED) is 0.689. The Labute approximate surface area is 91.9 Å². The van der Waals surface area contributed by atoms with Gasteiger partial charge in [0.05, 0.1) is 6.20 Å². The second kappa shape index (κ2) is 4.43. The van der Waals surface area contributed by atoms with Gasteiger partial charge in [0.1, 0.15) is 11.4 Å². The lowest BCUT2D eigenvalue weighted by Crippen LogP contribution is -2.23. The summed E-state index contributed by atoms with van der Waals surface area (Å²) in [4.78, 5) is 15.5. The molecule has 0 saturated carbocycles. The average molecular weight is 217 g/mol. The van der Waals surface area contributed by atoms with Crippen molar-refractivity contribution in [1.29, 1.82) is 0 Å². The van der Waals surface area contributed by atoms with Crippen LogP contribution in [0.2, 0.25) is 0 Å². The second-order valence-electron chi connectivity index (χ2n) is 3.24. The average Bonchev–Trinajstić information content (AvgIpc) is 2.74. The predicted molar refractivity (Wildman–Crippen MR) is 58.4 cm³/mol. The van der Waals surface area contributed by atoms with Gasteiger partial charge in [0.15, 0.2) is 0 Å². The Bertz CT molecular complexity index is 479. The SMILES string of the molecule is Nc1[nH]ncc1C(=O)NCc1ccncc1. The van der Waals surface area contributed by atoms with Crippen LogP contribution in [0.3, 0.4) is 0 Å². The highest BCUT2D eigenvalue weighted by Crippen LogP contribution is 2.05. The Balaban J connectivity index is 1.97. The molecule has 6 nitrogen and oxygen atoms in total. The van der Waals surface area contributed by atoms with Crippen molar-refractivity contribution < 1.29 is 4.79 Å². The zero-order valence-corrected chi connectivity index (χ0v) is 8.47. The van der Waals surface area contributed by atoms with Crippen molar-refractivity contribution in [3.05, 3.63) is 41.9 Å². The van der Waals surface area contributed by atoms with Gasteiger partial charge < -0.3 is 11.1 Å². The molecule has 0 radical (unpaired) electrons. The molecule has 0 fully saturated rings. The lowest BCUT2D eigenvalue weighted by atomic mass is 10.2. The summed E-state index contributed by atoms with van der Waals surface area (Å²) < 4.78 is 0. The number of nitrogens with two attached hydrogens (primary N) is 1. The molecule has 0 bridgehead atoms. The molecule has 2 rings (SSSR count). The Kier molecular flexibility index (Phi) is 2.81. The third-order valence-electron chi connectivity index (χ3n) is 2.12. The molecule has 4 N–H and O–H groups in total. The van der Waals surface area contributed by atoms with Crippen molar-refractivity contribution in [2.24, 2.45) is 0 Å². The van der Waals surface area contributed by atoms with Crippen molar-refractivity contribution in [2.75, 3.05) is 5.73 Å². The Morgan fingerprint density at radius 2 is 2.19 bits per heavy atom. The lowest BCUT2D eigenvalue weighted by molar-refractivity contribution is 0.0952. The zero-order valence-electron chi connectivity index (χ0n) is 8.47. The maximum Gasteiger partial charge on any atom is 0.256 e. The number of nitrogen functional groups attached to an aromatic ring is 1. The number of hydrogen-bond donors (Lipinski definition) is 3. The van der Waals surface area contributed by atoms with Crippen LogP contribution >= 0.6 is 0 Å². The van der Waals surface area contributed by atoms with Crippen LogP contribution < -0.4 is 11.1 Å². The summed E-state index contributed by atoms with van der Waals surface area (Å²) in [6.07, 6.45) is 4.75. The number of anilines is 1. The van der Waals surface area contributed by atoms with Crippen molar-refractivity contribution in [2.45, 2.75) is 6.54 Å². The summed E-state index contributed by atoms with van der Waals surface area (Å²) >= 11 is 0. The molecule has 6 heteroatoms. The summed E-state index contributed by atoms with van der Waals surface area (Å²) in [5, 5.41) is 8.92. The molecule has 0 aromatic carbocycles. The summed E-state index contributed by atoms with van der Waals surface area (Å²) in [7, 11) is 0. The molecule has 16 heavy (non-hydrogen) atoms. The summed E-state index contributed by atoms with van der Waals surface area (Å²) in [5.74, 6) is 0.0234. The highest BCUT2D eigenvalue weighted by atomic mass is 16.1. The van der Waals surface area contributed by atoms with Gasteiger partial charge in [0.2, 0.25) is 0 Å². The number of aromatic nitrogens is 3. The van der Waals surface area contributed by atoms with Crippen LogP contribution in [0.5, 0.6) is 0 Å². The highest BCUT2D eigenvalue weighted by molar-refractivity contribution is 5.97. The number of hydrogen-bond acceptors (Lipinski definition) is 4. The molecule has 82 valence electrons. The molecule has 2 aromatic rings. The molecule has 0 spiro atoms. The van der Waals surface area contributed by atoms with Crippen molar-refractivity contribution in [1.82, 2.24) is 20.5 Å². The van der Waals surface area contributed by atoms with E-state index in [1.54, 1.807) is 12.4 Å². The van der Waals surface area contributed by atoms with E-state index in [0.717, 1.165) is 5.56 Å². The van der Waals surface area contributed by atoms with Crippen LogP contribution in [-0.4, -0.2) is 21.1 Å². The van der Waals surface area contributed by atoms with E-state index in [1.165, 1.54) is 6.20 Å². The molecule has 0 saturated heterocycles. The third kappa shape index (κ3) is 2.17. The Hall–Kier alpha value is -2.37. The molecule has 2 aromatic heterocycles. The number of pyridine rings is 1. The van der Waals surface area contributed by atoms with Crippen LogP contribution in [0.4, 0.5) is 5.82 Å². The molecule has 1 amide bonds. The van der Waals surface area contributed by atoms with Gasteiger partial charge in [-0.05, 0) is 17.7 Å². The van der Waals surface area contributed by atoms with Gasteiger partial charge in [-0.2, -0.15) is 5.10 Å². The number of carbonyl (C=O) groups is 1. The Morgan fingerprint density at radius 1 is 1.44 bits per heavy atom. The van der Waals surface area contributed by atoms with Crippen molar-refractivity contribution in [3.8, 4) is 0 Å². The fourth-order valence-corrected chi connectivity index (χ4v) is 1.26. The normalized spacial score (nSPS) is 10.0. The van der Waals surface area contributed by atoms with Gasteiger partial charge in [0, 0.05) is 18.9 Å². The summed E-state index contributed by atoms with van der Waals surface area (Å²) in [6.45, 7) is 0.436. The highest BCUT2D eigenvalue weighted by Gasteiger charge is 2.10. The summed E-state index contributed by atoms with van der Waals surface area (Å²) in [5.41, 5.74) is 6.85. The van der Waals surface area contributed by atoms with E-state index in [2.05, 4.69) is 20.5 Å². The fourth-order valence-electron chi connectivity index (χ4n) is 1.26. The molecular weight excluding hydrogens is 206 g/mol. The van der Waals surface area contributed by atoms with Crippen molar-refractivity contribution in [3.63, 3.8) is 0 Å². The van der Waals surface area contributed by atoms with E-state index in [-0.39, 0.29) is 11.7 Å². The largest absolute Gasteiger partial charge is 0.383 e. The van der Waals surface area contributed by atoms with Crippen LogP contribution in [0.1, 0.15) is 15.9 Å². The number of amides is 1. The number of H-pyrrole nitrogens is 1. The van der Waals surface area contributed by atoms with E-state index in [4.69, 9.17) is 5.73 Å². The van der Waals surface area contributed by atoms with Crippen LogP contribution in [0.25, 0.3) is 0 Å². The van der Waals surface area contributed by atoms with E-state index in [0.29, 0.717) is 12.1 Å². The summed E-state index contributed by atoms with van der Waals surface area (Å²) in [6, 6.07) is 3.66. The van der Waals surface area contributed by atoms with Gasteiger partial charge in [-0.1, -0.05) is 0 Å². The third-order valence-corrected chi connectivity index (χ3v) is 2.12. The standard InChI is InChI=1S/C10H11N5O/c11-9-8(6-14-15-9)10(16)13-5-7-1-3-12-4-2-7/h1-4,6H,5H2,(H,13,16)(H3,11,14,15). The number of rotatable bonds is 3. The van der Waals surface area contributed by atoms with Crippen LogP contribution in [0, 0.1) is 0 Å². The number of nitrogens with one attached hydrogen (secondary N) is 2. The van der Waals surface area contributed by atoms with Crippen LogP contribution in [0.15, 0.2) is 30.7 Å². The van der Waals surface area contributed by atoms with Gasteiger partial charge in [-0.3, -0.25) is 14.9 Å². The minimum absolute atomic E-state index is 0.247. The minimum Gasteiger partial charge on any atom is -0.383 e. The smallest absolute Gasteiger partial charge is 0.256 e. The molecule has 0 unspecified atom stereocenters. The number of carbonyl (C=O) groups excluding carboxylic acids is 1. The first-order valence-corrected chi connectivity index (χ1v) is 4.73. The van der Waals surface area contributed by atoms with Crippen molar-refractivity contribution >= 4 is 11.7 Å². The maximum absolute atomic E-state index is 11.6. The number of nitrogens with zero attached hydrogens (tertiary/aromatic N) is 2. The number of aromatic amines is 1. The van der Waals surface area contributed by atoms with E-state index in [1.807, 2.05) is 12.1 Å². The van der Waals surface area contributed by atoms with Gasteiger partial charge in [0.25, 0.3) is 5.91 Å². The fraction of sp³-hybridized carbons (Fsp3) is 0.100.